The van der Waals surface area contributed by atoms with Crippen molar-refractivity contribution in [2.45, 2.75) is 26.8 Å². The number of carbonyl (C=O) groups is 2. The smallest absolute Gasteiger partial charge is 0.226 e. The lowest BCUT2D eigenvalue weighted by atomic mass is 10.1. The van der Waals surface area contributed by atoms with E-state index in [9.17, 15) is 9.59 Å². The molecule has 0 aliphatic carbocycles. The van der Waals surface area contributed by atoms with Gasteiger partial charge in [0.25, 0.3) is 0 Å². The molecule has 3 rings (SSSR count). The van der Waals surface area contributed by atoms with Crippen molar-refractivity contribution in [3.8, 4) is 5.69 Å². The molecule has 0 saturated carbocycles. The molecule has 0 unspecified atom stereocenters. The molecule has 2 aromatic carbocycles. The summed E-state index contributed by atoms with van der Waals surface area (Å²) in [6.45, 7) is 4.13. The highest BCUT2D eigenvalue weighted by molar-refractivity contribution is 5.92. The Kier molecular flexibility index (Phi) is 6.27. The van der Waals surface area contributed by atoms with Crippen molar-refractivity contribution < 1.29 is 9.59 Å². The molecular weight excluding hydrogens is 350 g/mol. The molecule has 0 saturated heterocycles. The zero-order valence-electron chi connectivity index (χ0n) is 16.2. The van der Waals surface area contributed by atoms with Crippen LogP contribution in [0.5, 0.6) is 0 Å². The molecule has 2 amide bonds. The third-order valence-corrected chi connectivity index (χ3v) is 4.41. The summed E-state index contributed by atoms with van der Waals surface area (Å²) in [5.74, 6) is -0.137. The van der Waals surface area contributed by atoms with Gasteiger partial charge in [-0.25, -0.2) is 0 Å². The van der Waals surface area contributed by atoms with Crippen molar-refractivity contribution in [3.05, 3.63) is 84.2 Å². The number of nitrogens with zero attached hydrogens (tertiary/aromatic N) is 1. The molecule has 0 radical (unpaired) electrons. The Morgan fingerprint density at radius 3 is 2.32 bits per heavy atom. The van der Waals surface area contributed by atoms with Crippen LogP contribution in [0.4, 0.5) is 5.69 Å². The van der Waals surface area contributed by atoms with E-state index in [0.717, 1.165) is 22.5 Å². The van der Waals surface area contributed by atoms with Crippen molar-refractivity contribution in [1.29, 1.82) is 0 Å². The highest BCUT2D eigenvalue weighted by Crippen LogP contribution is 2.13. The van der Waals surface area contributed by atoms with Gasteiger partial charge in [-0.2, -0.15) is 0 Å². The summed E-state index contributed by atoms with van der Waals surface area (Å²) < 4.78 is 2.02. The molecule has 0 aliphatic heterocycles. The minimum Gasteiger partial charge on any atom is -0.352 e. The van der Waals surface area contributed by atoms with Crippen LogP contribution in [0, 0.1) is 5.92 Å². The molecule has 0 fully saturated rings. The first-order valence-electron chi connectivity index (χ1n) is 9.40. The number of hydrogen-bond donors (Lipinski definition) is 2. The van der Waals surface area contributed by atoms with Gasteiger partial charge in [0, 0.05) is 36.2 Å². The molecule has 3 aromatic rings. The van der Waals surface area contributed by atoms with E-state index in [-0.39, 0.29) is 17.7 Å². The van der Waals surface area contributed by atoms with Gasteiger partial charge in [0.1, 0.15) is 0 Å². The third-order valence-electron chi connectivity index (χ3n) is 4.41. The van der Waals surface area contributed by atoms with E-state index in [1.165, 1.54) is 0 Å². The minimum absolute atomic E-state index is 0.0236. The standard InChI is InChI=1S/C23H25N3O2/c1-17(2)23(28)25-20-7-5-6-19(14-20)16-24-22(27)15-18-8-10-21(11-9-18)26-12-3-4-13-26/h3-14,17H,15-16H2,1-2H3,(H,24,27)(H,25,28). The topological polar surface area (TPSA) is 63.1 Å². The summed E-state index contributed by atoms with van der Waals surface area (Å²) in [7, 11) is 0. The van der Waals surface area contributed by atoms with E-state index >= 15 is 0 Å². The van der Waals surface area contributed by atoms with Gasteiger partial charge >= 0.3 is 0 Å². The fraction of sp³-hybridized carbons (Fsp3) is 0.217. The Balaban J connectivity index is 1.52. The number of rotatable bonds is 7. The van der Waals surface area contributed by atoms with Crippen molar-refractivity contribution in [1.82, 2.24) is 9.88 Å². The number of carbonyl (C=O) groups excluding carboxylic acids is 2. The maximum Gasteiger partial charge on any atom is 0.226 e. The van der Waals surface area contributed by atoms with Crippen molar-refractivity contribution in [2.24, 2.45) is 5.92 Å². The van der Waals surface area contributed by atoms with Gasteiger partial charge in [0.05, 0.1) is 6.42 Å². The van der Waals surface area contributed by atoms with E-state index in [1.54, 1.807) is 0 Å². The van der Waals surface area contributed by atoms with E-state index in [0.29, 0.717) is 13.0 Å². The number of anilines is 1. The Bertz CT molecular complexity index is 929. The lowest BCUT2D eigenvalue weighted by Crippen LogP contribution is -2.24. The Morgan fingerprint density at radius 2 is 1.64 bits per heavy atom. The van der Waals surface area contributed by atoms with Crippen LogP contribution in [-0.4, -0.2) is 16.4 Å². The monoisotopic (exact) mass is 375 g/mol. The van der Waals surface area contributed by atoms with Gasteiger partial charge in [-0.3, -0.25) is 9.59 Å². The fourth-order valence-corrected chi connectivity index (χ4v) is 2.79. The number of aromatic nitrogens is 1. The van der Waals surface area contributed by atoms with Crippen molar-refractivity contribution in [2.75, 3.05) is 5.32 Å². The Morgan fingerprint density at radius 1 is 0.929 bits per heavy atom. The number of benzene rings is 2. The number of amides is 2. The second kappa shape index (κ2) is 9.04. The Hall–Kier alpha value is -3.34. The van der Waals surface area contributed by atoms with Crippen molar-refractivity contribution in [3.63, 3.8) is 0 Å². The zero-order valence-corrected chi connectivity index (χ0v) is 16.2. The normalized spacial score (nSPS) is 10.7. The minimum atomic E-state index is -0.0766. The van der Waals surface area contributed by atoms with Gasteiger partial charge in [0.2, 0.25) is 11.8 Å². The SMILES string of the molecule is CC(C)C(=O)Nc1cccc(CNC(=O)Cc2ccc(-n3cccc3)cc2)c1. The van der Waals surface area contributed by atoms with Crippen LogP contribution in [0.25, 0.3) is 5.69 Å². The molecule has 0 atom stereocenters. The molecule has 0 aliphatic rings. The van der Waals surface area contributed by atoms with Gasteiger partial charge in [-0.15, -0.1) is 0 Å². The largest absolute Gasteiger partial charge is 0.352 e. The molecule has 1 heterocycles. The molecule has 5 heteroatoms. The fourth-order valence-electron chi connectivity index (χ4n) is 2.79. The predicted molar refractivity (Wildman–Crippen MR) is 111 cm³/mol. The van der Waals surface area contributed by atoms with E-state index in [2.05, 4.69) is 10.6 Å². The van der Waals surface area contributed by atoms with Gasteiger partial charge in [-0.1, -0.05) is 38.1 Å². The van der Waals surface area contributed by atoms with Gasteiger partial charge in [0.15, 0.2) is 0 Å². The van der Waals surface area contributed by atoms with Crippen LogP contribution in [0.1, 0.15) is 25.0 Å². The van der Waals surface area contributed by atoms with Crippen LogP contribution >= 0.6 is 0 Å². The molecule has 28 heavy (non-hydrogen) atoms. The third kappa shape index (κ3) is 5.33. The van der Waals surface area contributed by atoms with Crippen LogP contribution in [0.3, 0.4) is 0 Å². The molecule has 2 N–H and O–H groups in total. The summed E-state index contributed by atoms with van der Waals surface area (Å²) in [6, 6.07) is 19.4. The summed E-state index contributed by atoms with van der Waals surface area (Å²) in [5.41, 5.74) is 3.71. The molecular formula is C23H25N3O2. The first-order valence-corrected chi connectivity index (χ1v) is 9.40. The first kappa shape index (κ1) is 19.4. The molecule has 144 valence electrons. The summed E-state index contributed by atoms with van der Waals surface area (Å²) in [4.78, 5) is 24.1. The first-order chi connectivity index (χ1) is 13.5. The summed E-state index contributed by atoms with van der Waals surface area (Å²) >= 11 is 0. The van der Waals surface area contributed by atoms with Crippen LogP contribution in [-0.2, 0) is 22.6 Å². The second-order valence-electron chi connectivity index (χ2n) is 7.05. The predicted octanol–water partition coefficient (Wildman–Crippen LogP) is 3.93. The quantitative estimate of drug-likeness (QED) is 0.657. The molecule has 0 bridgehead atoms. The molecule has 1 aromatic heterocycles. The molecule has 0 spiro atoms. The van der Waals surface area contributed by atoms with Crippen LogP contribution < -0.4 is 10.6 Å². The number of nitrogens with one attached hydrogen (secondary N) is 2. The van der Waals surface area contributed by atoms with E-state index < -0.39 is 0 Å². The highest BCUT2D eigenvalue weighted by atomic mass is 16.2. The Labute approximate surface area is 165 Å². The average Bonchev–Trinajstić information content (AvgIpc) is 3.22. The summed E-state index contributed by atoms with van der Waals surface area (Å²) in [6.07, 6.45) is 4.30. The maximum atomic E-state index is 12.3. The summed E-state index contributed by atoms with van der Waals surface area (Å²) in [5, 5.41) is 5.81. The van der Waals surface area contributed by atoms with E-state index in [4.69, 9.17) is 0 Å². The number of hydrogen-bond acceptors (Lipinski definition) is 2. The van der Waals surface area contributed by atoms with Crippen LogP contribution in [0.15, 0.2) is 73.1 Å². The van der Waals surface area contributed by atoms with Gasteiger partial charge in [-0.05, 0) is 47.5 Å². The van der Waals surface area contributed by atoms with Crippen molar-refractivity contribution >= 4 is 17.5 Å². The maximum absolute atomic E-state index is 12.3. The average molecular weight is 375 g/mol. The lowest BCUT2D eigenvalue weighted by Gasteiger charge is -2.10. The van der Waals surface area contributed by atoms with Gasteiger partial charge < -0.3 is 15.2 Å². The van der Waals surface area contributed by atoms with E-state index in [1.807, 2.05) is 91.5 Å². The second-order valence-corrected chi connectivity index (χ2v) is 7.05. The highest BCUT2D eigenvalue weighted by Gasteiger charge is 2.08. The lowest BCUT2D eigenvalue weighted by molar-refractivity contribution is -0.120. The zero-order chi connectivity index (χ0) is 19.9. The van der Waals surface area contributed by atoms with Crippen LogP contribution in [0.2, 0.25) is 0 Å². The molecule has 5 nitrogen and oxygen atoms in total.